The smallest absolute Gasteiger partial charge is 0.0351 e. The Kier molecular flexibility index (Phi) is 21.0. The predicted molar refractivity (Wildman–Crippen MR) is 37.9 cm³/mol. The van der Waals surface area contributed by atoms with Gasteiger partial charge in [-0.15, -0.1) is 0 Å². The van der Waals surface area contributed by atoms with E-state index in [1.807, 2.05) is 19.1 Å². The molecule has 0 aromatic heterocycles. The fourth-order valence-electron chi connectivity index (χ4n) is 0.136. The highest BCUT2D eigenvalue weighted by Crippen LogP contribution is 1.64. The molecule has 0 N–H and O–H groups in total. The lowest BCUT2D eigenvalue weighted by molar-refractivity contribution is 0.277. The standard InChI is InChI=1S/C5H8.C2H6O/c1-3-5-4-2;1-3-2/h3-5H,1H2,2H3;1-2H3/b5-4+;. The second-order valence-electron chi connectivity index (χ2n) is 1.17. The lowest BCUT2D eigenvalue weighted by atomic mass is 10.5. The molecule has 0 bridgehead atoms. The van der Waals surface area contributed by atoms with Crippen molar-refractivity contribution in [2.45, 2.75) is 6.92 Å². The quantitative estimate of drug-likeness (QED) is 0.474. The Morgan fingerprint density at radius 2 is 1.75 bits per heavy atom. The maximum absolute atomic E-state index is 4.25. The zero-order valence-electron chi connectivity index (χ0n) is 5.85. The van der Waals surface area contributed by atoms with Crippen molar-refractivity contribution < 1.29 is 4.74 Å². The molecule has 0 fully saturated rings. The van der Waals surface area contributed by atoms with Crippen molar-refractivity contribution in [3.8, 4) is 0 Å². The summed E-state index contributed by atoms with van der Waals surface area (Å²) in [6.45, 7) is 5.42. The van der Waals surface area contributed by atoms with Gasteiger partial charge in [0.2, 0.25) is 0 Å². The first-order valence-electron chi connectivity index (χ1n) is 2.47. The summed E-state index contributed by atoms with van der Waals surface area (Å²) in [4.78, 5) is 0. The summed E-state index contributed by atoms with van der Waals surface area (Å²) >= 11 is 0. The van der Waals surface area contributed by atoms with Crippen LogP contribution in [0.3, 0.4) is 0 Å². The molecule has 0 spiro atoms. The van der Waals surface area contributed by atoms with Crippen molar-refractivity contribution in [3.63, 3.8) is 0 Å². The Labute approximate surface area is 51.7 Å². The second kappa shape index (κ2) is 16.1. The fraction of sp³-hybridized carbons (Fsp3) is 0.429. The van der Waals surface area contributed by atoms with Crippen LogP contribution in [-0.4, -0.2) is 14.2 Å². The average molecular weight is 114 g/mol. The summed E-state index contributed by atoms with van der Waals surface area (Å²) < 4.78 is 4.25. The molecule has 0 heterocycles. The van der Waals surface area contributed by atoms with Crippen LogP contribution in [0.2, 0.25) is 0 Å². The predicted octanol–water partition coefficient (Wildman–Crippen LogP) is 2.01. The van der Waals surface area contributed by atoms with Crippen molar-refractivity contribution in [1.82, 2.24) is 0 Å². The van der Waals surface area contributed by atoms with Crippen LogP contribution in [0.5, 0.6) is 0 Å². The summed E-state index contributed by atoms with van der Waals surface area (Å²) in [6.07, 6.45) is 5.58. The zero-order valence-corrected chi connectivity index (χ0v) is 5.85. The minimum Gasteiger partial charge on any atom is -0.388 e. The van der Waals surface area contributed by atoms with Gasteiger partial charge in [-0.1, -0.05) is 24.8 Å². The fourth-order valence-corrected chi connectivity index (χ4v) is 0.136. The Morgan fingerprint density at radius 3 is 1.75 bits per heavy atom. The van der Waals surface area contributed by atoms with E-state index in [0.29, 0.717) is 0 Å². The van der Waals surface area contributed by atoms with Crippen LogP contribution in [0.4, 0.5) is 0 Å². The van der Waals surface area contributed by atoms with E-state index in [1.54, 1.807) is 20.3 Å². The van der Waals surface area contributed by atoms with Crippen LogP contribution in [0.15, 0.2) is 24.8 Å². The zero-order chi connectivity index (χ0) is 6.83. The summed E-state index contributed by atoms with van der Waals surface area (Å²) in [5.74, 6) is 0. The molecule has 0 aromatic rings. The van der Waals surface area contributed by atoms with Crippen LogP contribution >= 0.6 is 0 Å². The number of rotatable bonds is 1. The molecule has 0 aromatic carbocycles. The molecule has 8 heavy (non-hydrogen) atoms. The molecular formula is C7H14O. The molecule has 0 atom stereocenters. The number of methoxy groups -OCH3 is 1. The van der Waals surface area contributed by atoms with Gasteiger partial charge in [-0.3, -0.25) is 0 Å². The van der Waals surface area contributed by atoms with Gasteiger partial charge < -0.3 is 4.74 Å². The first kappa shape index (κ1) is 10.4. The van der Waals surface area contributed by atoms with Crippen LogP contribution in [0.25, 0.3) is 0 Å². The molecule has 1 nitrogen and oxygen atoms in total. The van der Waals surface area contributed by atoms with Gasteiger partial charge in [-0.05, 0) is 6.92 Å². The van der Waals surface area contributed by atoms with Gasteiger partial charge in [0.25, 0.3) is 0 Å². The lowest BCUT2D eigenvalue weighted by Crippen LogP contribution is -1.55. The molecule has 0 unspecified atom stereocenters. The van der Waals surface area contributed by atoms with Gasteiger partial charge in [0.05, 0.1) is 0 Å². The SMILES string of the molecule is C=C/C=C/C.COC. The molecule has 0 aliphatic carbocycles. The van der Waals surface area contributed by atoms with Crippen molar-refractivity contribution in [3.05, 3.63) is 24.8 Å². The first-order valence-corrected chi connectivity index (χ1v) is 2.47. The molecule has 0 amide bonds. The van der Waals surface area contributed by atoms with Crippen molar-refractivity contribution in [2.75, 3.05) is 14.2 Å². The van der Waals surface area contributed by atoms with Gasteiger partial charge in [0, 0.05) is 14.2 Å². The molecule has 0 saturated heterocycles. The Hall–Kier alpha value is -0.560. The highest BCUT2D eigenvalue weighted by atomic mass is 16.4. The van der Waals surface area contributed by atoms with E-state index in [1.165, 1.54) is 0 Å². The number of ether oxygens (including phenoxy) is 1. The number of hydrogen-bond donors (Lipinski definition) is 0. The molecule has 0 aliphatic rings. The largest absolute Gasteiger partial charge is 0.388 e. The Bertz CT molecular complexity index is 55.4. The van der Waals surface area contributed by atoms with Gasteiger partial charge in [0.15, 0.2) is 0 Å². The van der Waals surface area contributed by atoms with E-state index in [9.17, 15) is 0 Å². The average Bonchev–Trinajstić information content (AvgIpc) is 1.71. The first-order chi connectivity index (χ1) is 3.83. The second-order valence-corrected chi connectivity index (χ2v) is 1.17. The summed E-state index contributed by atoms with van der Waals surface area (Å²) in [5.41, 5.74) is 0. The van der Waals surface area contributed by atoms with Gasteiger partial charge >= 0.3 is 0 Å². The third-order valence-electron chi connectivity index (χ3n) is 0.329. The summed E-state index contributed by atoms with van der Waals surface area (Å²) in [7, 11) is 3.25. The monoisotopic (exact) mass is 114 g/mol. The topological polar surface area (TPSA) is 9.23 Å². The number of hydrogen-bond acceptors (Lipinski definition) is 1. The van der Waals surface area contributed by atoms with E-state index in [2.05, 4.69) is 11.3 Å². The summed E-state index contributed by atoms with van der Waals surface area (Å²) in [5, 5.41) is 0. The van der Waals surface area contributed by atoms with Crippen LogP contribution in [0, 0.1) is 0 Å². The molecular weight excluding hydrogens is 100 g/mol. The molecule has 0 rings (SSSR count). The third-order valence-corrected chi connectivity index (χ3v) is 0.329. The minimum atomic E-state index is 1.62. The van der Waals surface area contributed by atoms with E-state index >= 15 is 0 Å². The highest BCUT2D eigenvalue weighted by Gasteiger charge is 1.42. The maximum Gasteiger partial charge on any atom is 0.0351 e. The van der Waals surface area contributed by atoms with Crippen LogP contribution < -0.4 is 0 Å². The molecule has 0 aliphatic heterocycles. The Morgan fingerprint density at radius 1 is 1.38 bits per heavy atom. The molecule has 0 saturated carbocycles. The number of allylic oxidation sites excluding steroid dienone is 3. The van der Waals surface area contributed by atoms with Crippen LogP contribution in [-0.2, 0) is 4.74 Å². The van der Waals surface area contributed by atoms with Crippen molar-refractivity contribution in [1.29, 1.82) is 0 Å². The lowest BCUT2D eigenvalue weighted by Gasteiger charge is -1.61. The Balaban J connectivity index is 0. The van der Waals surface area contributed by atoms with Crippen molar-refractivity contribution >= 4 is 0 Å². The maximum atomic E-state index is 4.25. The van der Waals surface area contributed by atoms with Gasteiger partial charge in [0.1, 0.15) is 0 Å². The van der Waals surface area contributed by atoms with Gasteiger partial charge in [-0.25, -0.2) is 0 Å². The van der Waals surface area contributed by atoms with Gasteiger partial charge in [-0.2, -0.15) is 0 Å². The van der Waals surface area contributed by atoms with E-state index < -0.39 is 0 Å². The van der Waals surface area contributed by atoms with Crippen molar-refractivity contribution in [2.24, 2.45) is 0 Å². The molecule has 1 heteroatoms. The third kappa shape index (κ3) is 51.7. The normalized spacial score (nSPS) is 7.88. The minimum absolute atomic E-state index is 1.62. The van der Waals surface area contributed by atoms with Crippen LogP contribution in [0.1, 0.15) is 6.92 Å². The summed E-state index contributed by atoms with van der Waals surface area (Å²) in [6, 6.07) is 0. The van der Waals surface area contributed by atoms with E-state index in [-0.39, 0.29) is 0 Å². The van der Waals surface area contributed by atoms with E-state index in [4.69, 9.17) is 0 Å². The molecule has 48 valence electrons. The highest BCUT2D eigenvalue weighted by molar-refractivity contribution is 4.94. The van der Waals surface area contributed by atoms with E-state index in [0.717, 1.165) is 0 Å². The molecule has 0 radical (unpaired) electrons.